The SMILES string of the molecule is Cn1ncc(NC(=O)c2cc3nc(C(F)F)cc(C(F)F)n3n2)c1C(=O)N1CCCCC1. The molecule has 0 bridgehead atoms. The van der Waals surface area contributed by atoms with Crippen LogP contribution in [0.25, 0.3) is 5.65 Å². The lowest BCUT2D eigenvalue weighted by Gasteiger charge is -2.27. The summed E-state index contributed by atoms with van der Waals surface area (Å²) in [6, 6.07) is 1.57. The standard InChI is InChI=1S/C19H19F4N7O2/c1-28-15(19(32)29-5-3-2-4-6-29)12(9-24-28)26-18(31)11-8-14-25-10(16(20)21)7-13(17(22)23)30(14)27-11/h7-9,16-17H,2-6H2,1H3,(H,26,31). The van der Waals surface area contributed by atoms with E-state index < -0.39 is 30.1 Å². The van der Waals surface area contributed by atoms with Crippen LogP contribution in [0.3, 0.4) is 0 Å². The van der Waals surface area contributed by atoms with Crippen molar-refractivity contribution in [2.75, 3.05) is 18.4 Å². The van der Waals surface area contributed by atoms with Gasteiger partial charge >= 0.3 is 0 Å². The molecule has 1 saturated heterocycles. The number of hydrogen-bond acceptors (Lipinski definition) is 5. The van der Waals surface area contributed by atoms with Crippen molar-refractivity contribution in [1.82, 2.24) is 29.3 Å². The number of alkyl halides is 4. The van der Waals surface area contributed by atoms with E-state index >= 15 is 0 Å². The summed E-state index contributed by atoms with van der Waals surface area (Å²) in [5.41, 5.74) is -2.02. The van der Waals surface area contributed by atoms with Crippen molar-refractivity contribution in [2.45, 2.75) is 32.1 Å². The van der Waals surface area contributed by atoms with Gasteiger partial charge in [0.05, 0.1) is 11.9 Å². The van der Waals surface area contributed by atoms with E-state index in [0.29, 0.717) is 23.7 Å². The number of aryl methyl sites for hydroxylation is 1. The summed E-state index contributed by atoms with van der Waals surface area (Å²) < 4.78 is 54.7. The minimum atomic E-state index is -3.11. The fraction of sp³-hybridized carbons (Fsp3) is 0.421. The summed E-state index contributed by atoms with van der Waals surface area (Å²) in [6.45, 7) is 1.19. The predicted octanol–water partition coefficient (Wildman–Crippen LogP) is 3.22. The van der Waals surface area contributed by atoms with Gasteiger partial charge in [-0.15, -0.1) is 0 Å². The van der Waals surface area contributed by atoms with Gasteiger partial charge in [-0.25, -0.2) is 27.1 Å². The molecule has 4 rings (SSSR count). The molecule has 9 nitrogen and oxygen atoms in total. The quantitative estimate of drug-likeness (QED) is 0.599. The second-order valence-corrected chi connectivity index (χ2v) is 7.34. The van der Waals surface area contributed by atoms with E-state index in [0.717, 1.165) is 25.3 Å². The number of carbonyl (C=O) groups is 2. The number of anilines is 1. The zero-order valence-corrected chi connectivity index (χ0v) is 16.9. The molecule has 0 saturated carbocycles. The number of hydrogen-bond donors (Lipinski definition) is 1. The first-order chi connectivity index (χ1) is 15.3. The van der Waals surface area contributed by atoms with Crippen LogP contribution in [0, 0.1) is 0 Å². The molecule has 2 amide bonds. The van der Waals surface area contributed by atoms with E-state index in [1.807, 2.05) is 0 Å². The number of likely N-dealkylation sites (tertiary alicyclic amines) is 1. The van der Waals surface area contributed by atoms with Crippen molar-refractivity contribution in [1.29, 1.82) is 0 Å². The monoisotopic (exact) mass is 453 g/mol. The highest BCUT2D eigenvalue weighted by atomic mass is 19.3. The minimum Gasteiger partial charge on any atom is -0.337 e. The highest BCUT2D eigenvalue weighted by Crippen LogP contribution is 2.26. The molecule has 1 N–H and O–H groups in total. The first-order valence-electron chi connectivity index (χ1n) is 9.85. The van der Waals surface area contributed by atoms with Crippen LogP contribution in [0.15, 0.2) is 18.3 Å². The van der Waals surface area contributed by atoms with Crippen LogP contribution < -0.4 is 5.32 Å². The Morgan fingerprint density at radius 3 is 2.44 bits per heavy atom. The van der Waals surface area contributed by atoms with E-state index in [1.165, 1.54) is 10.9 Å². The molecule has 0 aliphatic carbocycles. The van der Waals surface area contributed by atoms with Crippen molar-refractivity contribution in [3.63, 3.8) is 0 Å². The number of fused-ring (bicyclic) bond motifs is 1. The highest BCUT2D eigenvalue weighted by Gasteiger charge is 2.27. The van der Waals surface area contributed by atoms with Gasteiger partial charge in [-0.3, -0.25) is 14.3 Å². The smallest absolute Gasteiger partial charge is 0.280 e. The third-order valence-electron chi connectivity index (χ3n) is 5.19. The molecular weight excluding hydrogens is 434 g/mol. The summed E-state index contributed by atoms with van der Waals surface area (Å²) in [4.78, 5) is 30.9. The molecule has 4 heterocycles. The Morgan fingerprint density at radius 1 is 1.06 bits per heavy atom. The number of nitrogens with one attached hydrogen (secondary N) is 1. The molecule has 0 radical (unpaired) electrons. The number of amides is 2. The first-order valence-corrected chi connectivity index (χ1v) is 9.85. The lowest BCUT2D eigenvalue weighted by molar-refractivity contribution is 0.0714. The van der Waals surface area contributed by atoms with Crippen LogP contribution in [0.4, 0.5) is 23.2 Å². The molecule has 3 aromatic heterocycles. The molecule has 170 valence electrons. The zero-order chi connectivity index (χ0) is 23.0. The van der Waals surface area contributed by atoms with Crippen molar-refractivity contribution in [2.24, 2.45) is 7.05 Å². The largest absolute Gasteiger partial charge is 0.337 e. The van der Waals surface area contributed by atoms with Crippen LogP contribution in [0.2, 0.25) is 0 Å². The Kier molecular flexibility index (Phi) is 5.80. The van der Waals surface area contributed by atoms with E-state index in [-0.39, 0.29) is 28.6 Å². The number of piperidine rings is 1. The molecule has 0 atom stereocenters. The van der Waals surface area contributed by atoms with Crippen LogP contribution in [0.5, 0.6) is 0 Å². The van der Waals surface area contributed by atoms with Gasteiger partial charge in [-0.1, -0.05) is 0 Å². The van der Waals surface area contributed by atoms with Gasteiger partial charge in [-0.2, -0.15) is 10.2 Å². The van der Waals surface area contributed by atoms with E-state index in [1.54, 1.807) is 11.9 Å². The van der Waals surface area contributed by atoms with Gasteiger partial charge in [0.15, 0.2) is 11.3 Å². The molecule has 0 spiro atoms. The number of halogens is 4. The molecule has 0 unspecified atom stereocenters. The van der Waals surface area contributed by atoms with Crippen molar-refractivity contribution in [3.8, 4) is 0 Å². The number of aromatic nitrogens is 5. The number of rotatable bonds is 5. The maximum absolute atomic E-state index is 13.3. The third-order valence-corrected chi connectivity index (χ3v) is 5.19. The summed E-state index contributed by atoms with van der Waals surface area (Å²) >= 11 is 0. The Hall–Kier alpha value is -3.51. The maximum Gasteiger partial charge on any atom is 0.280 e. The van der Waals surface area contributed by atoms with Crippen molar-refractivity contribution in [3.05, 3.63) is 41.1 Å². The topological polar surface area (TPSA) is 97.4 Å². The van der Waals surface area contributed by atoms with Crippen LogP contribution in [-0.4, -0.2) is 54.2 Å². The van der Waals surface area contributed by atoms with Crippen LogP contribution in [0.1, 0.15) is 64.5 Å². The first kappa shape index (κ1) is 21.7. The molecular formula is C19H19F4N7O2. The van der Waals surface area contributed by atoms with Gasteiger partial charge in [-0.05, 0) is 25.3 Å². The van der Waals surface area contributed by atoms with E-state index in [9.17, 15) is 27.2 Å². The van der Waals surface area contributed by atoms with Gasteiger partial charge in [0.1, 0.15) is 17.1 Å². The number of carbonyl (C=O) groups excluding carboxylic acids is 2. The van der Waals surface area contributed by atoms with Gasteiger partial charge in [0.25, 0.3) is 24.7 Å². The molecule has 1 aliphatic rings. The summed E-state index contributed by atoms with van der Waals surface area (Å²) in [6.07, 6.45) is -2.08. The van der Waals surface area contributed by atoms with Crippen molar-refractivity contribution >= 4 is 23.1 Å². The second kappa shape index (κ2) is 8.55. The Balaban J connectivity index is 1.64. The Morgan fingerprint density at radius 2 is 1.78 bits per heavy atom. The average Bonchev–Trinajstić information content (AvgIpc) is 3.36. The van der Waals surface area contributed by atoms with Crippen molar-refractivity contribution < 1.29 is 27.2 Å². The molecule has 1 aliphatic heterocycles. The third kappa shape index (κ3) is 4.01. The highest BCUT2D eigenvalue weighted by molar-refractivity contribution is 6.07. The van der Waals surface area contributed by atoms with Gasteiger partial charge < -0.3 is 10.2 Å². The van der Waals surface area contributed by atoms with Crippen LogP contribution in [-0.2, 0) is 7.05 Å². The van der Waals surface area contributed by atoms with Crippen LogP contribution >= 0.6 is 0 Å². The molecule has 1 fully saturated rings. The van der Waals surface area contributed by atoms with Gasteiger partial charge in [0, 0.05) is 26.2 Å². The lowest BCUT2D eigenvalue weighted by atomic mass is 10.1. The maximum atomic E-state index is 13.3. The fourth-order valence-corrected chi connectivity index (χ4v) is 3.61. The van der Waals surface area contributed by atoms with Gasteiger partial charge in [0.2, 0.25) is 0 Å². The molecule has 0 aromatic carbocycles. The molecule has 3 aromatic rings. The van der Waals surface area contributed by atoms with E-state index in [4.69, 9.17) is 0 Å². The predicted molar refractivity (Wildman–Crippen MR) is 104 cm³/mol. The molecule has 32 heavy (non-hydrogen) atoms. The summed E-state index contributed by atoms with van der Waals surface area (Å²) in [5, 5.41) is 10.3. The number of nitrogens with zero attached hydrogens (tertiary/aromatic N) is 6. The fourth-order valence-electron chi connectivity index (χ4n) is 3.61. The second-order valence-electron chi connectivity index (χ2n) is 7.34. The summed E-state index contributed by atoms with van der Waals surface area (Å²) in [5.74, 6) is -1.12. The van der Waals surface area contributed by atoms with E-state index in [2.05, 4.69) is 20.5 Å². The molecule has 13 heteroatoms. The summed E-state index contributed by atoms with van der Waals surface area (Å²) in [7, 11) is 1.56. The Bertz CT molecular complexity index is 1170. The normalized spacial score (nSPS) is 14.5. The lowest BCUT2D eigenvalue weighted by Crippen LogP contribution is -2.37. The zero-order valence-electron chi connectivity index (χ0n) is 16.9. The Labute approximate surface area is 179 Å². The average molecular weight is 453 g/mol. The minimum absolute atomic E-state index is 0.125.